The van der Waals surface area contributed by atoms with Crippen molar-refractivity contribution in [1.29, 1.82) is 0 Å². The lowest BCUT2D eigenvalue weighted by Crippen LogP contribution is -2.50. The summed E-state index contributed by atoms with van der Waals surface area (Å²) in [5.41, 5.74) is 1.37. The third-order valence-corrected chi connectivity index (χ3v) is 8.30. The SMILES string of the molecule is Cc1cc[n+]([O-])c(C)c1C(=O)NCCC(C)N1CCC(C2(c3ccc(C(F)(F)F)cc3)Oc3ccccc3O2)CC1. The molecule has 0 spiro atoms. The quantitative estimate of drug-likeness (QED) is 0.300. The number of ether oxygens (including phenoxy) is 2. The van der Waals surface area contributed by atoms with Crippen LogP contribution in [0.5, 0.6) is 11.5 Å². The molecule has 1 saturated heterocycles. The number of hydrogen-bond acceptors (Lipinski definition) is 5. The average molecular weight is 570 g/mol. The molecular weight excluding hydrogens is 535 g/mol. The van der Waals surface area contributed by atoms with Gasteiger partial charge in [0, 0.05) is 37.1 Å². The lowest BCUT2D eigenvalue weighted by Gasteiger charge is -2.42. The van der Waals surface area contributed by atoms with Gasteiger partial charge in [-0.3, -0.25) is 4.79 Å². The van der Waals surface area contributed by atoms with E-state index in [1.54, 1.807) is 13.0 Å². The average Bonchev–Trinajstić information content (AvgIpc) is 3.36. The molecule has 1 unspecified atom stereocenters. The zero-order valence-electron chi connectivity index (χ0n) is 23.3. The summed E-state index contributed by atoms with van der Waals surface area (Å²) >= 11 is 0. The maximum atomic E-state index is 13.2. The van der Waals surface area contributed by atoms with Gasteiger partial charge in [0.15, 0.2) is 17.7 Å². The molecule has 2 aromatic carbocycles. The molecule has 1 aromatic heterocycles. The van der Waals surface area contributed by atoms with E-state index in [2.05, 4.69) is 17.1 Å². The number of aromatic nitrogens is 1. The van der Waals surface area contributed by atoms with E-state index >= 15 is 0 Å². The Labute approximate surface area is 237 Å². The third kappa shape index (κ3) is 5.70. The number of alkyl halides is 3. The molecule has 2 aliphatic heterocycles. The van der Waals surface area contributed by atoms with Crippen molar-refractivity contribution >= 4 is 5.91 Å². The molecule has 7 nitrogen and oxygen atoms in total. The number of fused-ring (bicyclic) bond motifs is 1. The number of pyridine rings is 1. The normalized spacial score (nSPS) is 17.8. The number of amides is 1. The molecule has 0 bridgehead atoms. The van der Waals surface area contributed by atoms with Gasteiger partial charge in [-0.05, 0) is 76.0 Å². The molecule has 41 heavy (non-hydrogen) atoms. The van der Waals surface area contributed by atoms with Gasteiger partial charge in [-0.15, -0.1) is 0 Å². The van der Waals surface area contributed by atoms with Crippen LogP contribution in [0.3, 0.4) is 0 Å². The van der Waals surface area contributed by atoms with Gasteiger partial charge in [0.2, 0.25) is 5.69 Å². The van der Waals surface area contributed by atoms with Crippen molar-refractivity contribution in [3.8, 4) is 11.5 Å². The van der Waals surface area contributed by atoms with E-state index in [1.807, 2.05) is 31.2 Å². The molecule has 3 aromatic rings. The summed E-state index contributed by atoms with van der Waals surface area (Å²) in [5.74, 6) is -0.404. The molecule has 218 valence electrons. The van der Waals surface area contributed by atoms with Crippen LogP contribution in [0.4, 0.5) is 13.2 Å². The zero-order chi connectivity index (χ0) is 29.4. The lowest BCUT2D eigenvalue weighted by molar-refractivity contribution is -0.612. The van der Waals surface area contributed by atoms with E-state index in [4.69, 9.17) is 9.47 Å². The lowest BCUT2D eigenvalue weighted by atomic mass is 9.83. The van der Waals surface area contributed by atoms with Crippen LogP contribution in [0.2, 0.25) is 0 Å². The summed E-state index contributed by atoms with van der Waals surface area (Å²) < 4.78 is 53.3. The number of likely N-dealkylation sites (tertiary alicyclic amines) is 1. The van der Waals surface area contributed by atoms with Gasteiger partial charge in [-0.25, -0.2) is 0 Å². The molecule has 5 rings (SSSR count). The van der Waals surface area contributed by atoms with Crippen molar-refractivity contribution in [2.24, 2.45) is 5.92 Å². The highest BCUT2D eigenvalue weighted by molar-refractivity contribution is 5.96. The van der Waals surface area contributed by atoms with Gasteiger partial charge in [-0.2, -0.15) is 17.9 Å². The van der Waals surface area contributed by atoms with Gasteiger partial charge in [0.25, 0.3) is 11.7 Å². The number of nitrogens with zero attached hydrogens (tertiary/aromatic N) is 2. The van der Waals surface area contributed by atoms with E-state index in [0.717, 1.165) is 50.0 Å². The number of benzene rings is 2. The minimum Gasteiger partial charge on any atom is -0.618 e. The van der Waals surface area contributed by atoms with Crippen LogP contribution in [-0.2, 0) is 12.0 Å². The van der Waals surface area contributed by atoms with Crippen LogP contribution in [0.1, 0.15) is 58.9 Å². The topological polar surface area (TPSA) is 77.7 Å². The standard InChI is InChI=1S/C31H34F3N3O4/c1-20-13-19-37(39)22(3)28(20)29(38)35-16-12-21(2)36-17-14-24(15-18-36)30(40-26-6-4-5-7-27(26)41-30)23-8-10-25(11-9-23)31(32,33)34/h4-11,13,19,21,24H,12,14-18H2,1-3H3,(H,35,38). The summed E-state index contributed by atoms with van der Waals surface area (Å²) in [4.78, 5) is 15.1. The number of halogens is 3. The molecule has 3 heterocycles. The Bertz CT molecular complexity index is 1380. The molecule has 0 saturated carbocycles. The number of rotatable bonds is 7. The Morgan fingerprint density at radius 3 is 2.27 bits per heavy atom. The Hall–Kier alpha value is -3.79. The van der Waals surface area contributed by atoms with E-state index in [-0.39, 0.29) is 17.9 Å². The van der Waals surface area contributed by atoms with Crippen molar-refractivity contribution in [3.05, 3.63) is 93.9 Å². The third-order valence-electron chi connectivity index (χ3n) is 8.30. The smallest absolute Gasteiger partial charge is 0.416 e. The van der Waals surface area contributed by atoms with Crippen LogP contribution in [0.15, 0.2) is 60.8 Å². The minimum absolute atomic E-state index is 0.0855. The van der Waals surface area contributed by atoms with Crippen molar-refractivity contribution in [1.82, 2.24) is 10.2 Å². The summed E-state index contributed by atoms with van der Waals surface area (Å²) in [7, 11) is 0. The minimum atomic E-state index is -4.43. The van der Waals surface area contributed by atoms with Crippen molar-refractivity contribution < 1.29 is 32.2 Å². The summed E-state index contributed by atoms with van der Waals surface area (Å²) in [5, 5.41) is 14.9. The fourth-order valence-corrected chi connectivity index (χ4v) is 5.88. The highest BCUT2D eigenvalue weighted by atomic mass is 19.4. The van der Waals surface area contributed by atoms with E-state index < -0.39 is 17.5 Å². The maximum absolute atomic E-state index is 13.2. The molecule has 0 aliphatic carbocycles. The number of para-hydroxylation sites is 2. The largest absolute Gasteiger partial charge is 0.618 e. The Balaban J connectivity index is 1.23. The predicted octanol–water partition coefficient (Wildman–Crippen LogP) is 5.50. The van der Waals surface area contributed by atoms with Crippen molar-refractivity contribution in [2.75, 3.05) is 19.6 Å². The highest BCUT2D eigenvalue weighted by Gasteiger charge is 2.51. The van der Waals surface area contributed by atoms with Gasteiger partial charge in [0.1, 0.15) is 5.56 Å². The fraction of sp³-hybridized carbons (Fsp3) is 0.419. The number of aryl methyl sites for hydroxylation is 1. The van der Waals surface area contributed by atoms with Gasteiger partial charge in [0.05, 0.1) is 5.56 Å². The second-order valence-corrected chi connectivity index (χ2v) is 10.9. The molecule has 1 N–H and O–H groups in total. The van der Waals surface area contributed by atoms with Gasteiger partial charge in [-0.1, -0.05) is 24.3 Å². The van der Waals surface area contributed by atoms with Crippen LogP contribution < -0.4 is 19.5 Å². The molecular formula is C31H34F3N3O4. The van der Waals surface area contributed by atoms with Crippen LogP contribution in [0.25, 0.3) is 0 Å². The highest BCUT2D eigenvalue weighted by Crippen LogP contribution is 2.50. The fourth-order valence-electron chi connectivity index (χ4n) is 5.88. The number of carbonyl (C=O) groups excluding carboxylic acids is 1. The first-order chi connectivity index (χ1) is 19.5. The molecule has 1 fully saturated rings. The van der Waals surface area contributed by atoms with Crippen molar-refractivity contribution in [2.45, 2.75) is 58.0 Å². The van der Waals surface area contributed by atoms with E-state index in [0.29, 0.717) is 39.6 Å². The van der Waals surface area contributed by atoms with Crippen LogP contribution >= 0.6 is 0 Å². The first-order valence-electron chi connectivity index (χ1n) is 13.9. The number of hydrogen-bond donors (Lipinski definition) is 1. The van der Waals surface area contributed by atoms with Gasteiger partial charge >= 0.3 is 6.18 Å². The molecule has 1 atom stereocenters. The number of nitrogens with one attached hydrogen (secondary N) is 1. The summed E-state index contributed by atoms with van der Waals surface area (Å²) in [6.07, 6.45) is -0.866. The van der Waals surface area contributed by atoms with E-state index in [1.165, 1.54) is 18.3 Å². The Morgan fingerprint density at radius 2 is 1.68 bits per heavy atom. The maximum Gasteiger partial charge on any atom is 0.416 e. The van der Waals surface area contributed by atoms with Crippen molar-refractivity contribution in [3.63, 3.8) is 0 Å². The molecule has 2 aliphatic rings. The predicted molar refractivity (Wildman–Crippen MR) is 146 cm³/mol. The first-order valence-corrected chi connectivity index (χ1v) is 13.9. The monoisotopic (exact) mass is 569 g/mol. The number of piperidine rings is 1. The summed E-state index contributed by atoms with van der Waals surface area (Å²) in [6.45, 7) is 7.51. The number of carbonyl (C=O) groups is 1. The zero-order valence-corrected chi connectivity index (χ0v) is 23.3. The molecule has 0 radical (unpaired) electrons. The Morgan fingerprint density at radius 1 is 1.07 bits per heavy atom. The van der Waals surface area contributed by atoms with Crippen LogP contribution in [-0.4, -0.2) is 36.5 Å². The first kappa shape index (κ1) is 28.7. The molecule has 10 heteroatoms. The van der Waals surface area contributed by atoms with Gasteiger partial charge < -0.3 is 24.9 Å². The molecule has 1 amide bonds. The Kier molecular flexibility index (Phi) is 7.87. The second kappa shape index (κ2) is 11.2. The summed E-state index contributed by atoms with van der Waals surface area (Å²) in [6, 6.07) is 14.2. The second-order valence-electron chi connectivity index (χ2n) is 10.9. The van der Waals surface area contributed by atoms with Crippen LogP contribution in [0, 0.1) is 25.0 Å². The van der Waals surface area contributed by atoms with E-state index in [9.17, 15) is 23.2 Å².